The van der Waals surface area contributed by atoms with Gasteiger partial charge in [0.05, 0.1) is 30.0 Å². The van der Waals surface area contributed by atoms with Gasteiger partial charge in [-0.2, -0.15) is 10.2 Å². The van der Waals surface area contributed by atoms with Crippen molar-refractivity contribution in [3.8, 4) is 45.3 Å². The van der Waals surface area contributed by atoms with Gasteiger partial charge in [0.2, 0.25) is 0 Å². The molecule has 0 spiro atoms. The fraction of sp³-hybridized carbons (Fsp3) is 0.438. The number of nitrogens with one attached hydrogen (secondary N) is 5. The molecule has 0 saturated carbocycles. The molecule has 5 N–H and O–H groups in total. The lowest BCUT2D eigenvalue weighted by molar-refractivity contribution is -0.0365. The number of carbonyl (C=O) groups is 3. The van der Waals surface area contributed by atoms with E-state index in [4.69, 9.17) is 19.6 Å². The summed E-state index contributed by atoms with van der Waals surface area (Å²) >= 11 is 0. The number of fused-ring (bicyclic) bond motifs is 2. The van der Waals surface area contributed by atoms with Crippen LogP contribution in [0.5, 0.6) is 0 Å². The normalized spacial score (nSPS) is 16.1. The number of piperidine rings is 3. The average molecular weight is 1430 g/mol. The number of amides is 3. The third-order valence-electron chi connectivity index (χ3n) is 20.5. The Morgan fingerprint density at radius 2 is 1.12 bits per heavy atom. The fourth-order valence-electron chi connectivity index (χ4n) is 14.4. The Hall–Kier alpha value is -10.6. The van der Waals surface area contributed by atoms with E-state index < -0.39 is 5.60 Å². The first-order valence-electron chi connectivity index (χ1n) is 37.5. The highest BCUT2D eigenvalue weighted by Crippen LogP contribution is 2.38. The highest BCUT2D eigenvalue weighted by atomic mass is 16.6. The molecule has 0 bridgehead atoms. The predicted molar refractivity (Wildman–Crippen MR) is 406 cm³/mol. The molecule has 11 aromatic rings. The minimum absolute atomic E-state index is 0.0344. The molecule has 0 aliphatic carbocycles. The molecular formula is C80H97N21O5. The first-order valence-corrected chi connectivity index (χ1v) is 37.5. The molecule has 552 valence electrons. The summed E-state index contributed by atoms with van der Waals surface area (Å²) in [6, 6.07) is 18.0. The van der Waals surface area contributed by atoms with Crippen LogP contribution in [0.3, 0.4) is 0 Å². The number of H-pyrrole nitrogens is 3. The standard InChI is InChI=1S/C40H49N9O4.C30H33N9O.C10H15N3/c1-6-47(39(51)53-40(3,4)5)25-29-22-41-23-31(26(29)2)28-11-12-33-30(21-28)36(46-49(33)35-10-7-8-19-52-35)37-44-24-32(45-37)38(50)48-17-13-27(14-18-48)20-34-42-15-9-16-43-34;1-3-31-15-22-16-32-17-24(19(22)2)21-5-6-25-23(14-21)28(38-37-25)29-35-18-26(36-29)30(40)39-11-7-20(8-12-39)13-27-33-9-4-10-34-27;1-4-12-10(13-5-1)8-9-2-6-11-7-3-9/h9,11-12,15-16,21-24,27,35H,6-8,10,13-14,17-20,25H2,1-5H3,(H,44,45);4-6,9-10,14,16-18,20,31H,3,7-8,11-13,15H2,1-2H3,(H,35,36)(H,37,38);1,4-5,9,11H,2-3,6-8H2. The van der Waals surface area contributed by atoms with Crippen molar-refractivity contribution in [2.45, 2.75) is 150 Å². The number of rotatable bonds is 19. The molecule has 26 heteroatoms. The Labute approximate surface area is 618 Å². The van der Waals surface area contributed by atoms with E-state index in [1.54, 1.807) is 42.1 Å². The van der Waals surface area contributed by atoms with E-state index in [0.29, 0.717) is 92.1 Å². The Morgan fingerprint density at radius 3 is 1.65 bits per heavy atom. The highest BCUT2D eigenvalue weighted by Gasteiger charge is 2.31. The zero-order valence-corrected chi connectivity index (χ0v) is 61.9. The maximum absolute atomic E-state index is 13.7. The van der Waals surface area contributed by atoms with E-state index in [9.17, 15) is 14.4 Å². The first-order chi connectivity index (χ1) is 51.6. The molecule has 2 aromatic carbocycles. The van der Waals surface area contributed by atoms with Crippen LogP contribution in [-0.2, 0) is 41.8 Å². The molecule has 0 radical (unpaired) electrons. The van der Waals surface area contributed by atoms with Crippen LogP contribution in [0.15, 0.2) is 129 Å². The summed E-state index contributed by atoms with van der Waals surface area (Å²) in [5.41, 5.74) is 11.9. The summed E-state index contributed by atoms with van der Waals surface area (Å²) in [4.78, 5) is 96.2. The van der Waals surface area contributed by atoms with Gasteiger partial charge >= 0.3 is 6.09 Å². The summed E-state index contributed by atoms with van der Waals surface area (Å²) in [5.74, 6) is 5.42. The molecule has 3 amide bonds. The molecule has 26 nitrogen and oxygen atoms in total. The van der Waals surface area contributed by atoms with E-state index in [-0.39, 0.29) is 24.1 Å². The van der Waals surface area contributed by atoms with Gasteiger partial charge in [-0.15, -0.1) is 0 Å². The number of aromatic nitrogens is 16. The molecule has 4 fully saturated rings. The summed E-state index contributed by atoms with van der Waals surface area (Å²) < 4.78 is 13.8. The van der Waals surface area contributed by atoms with Gasteiger partial charge < -0.3 is 44.8 Å². The smallest absolute Gasteiger partial charge is 0.410 e. The van der Waals surface area contributed by atoms with Crippen molar-refractivity contribution in [1.29, 1.82) is 0 Å². The second kappa shape index (κ2) is 34.6. The highest BCUT2D eigenvalue weighted by molar-refractivity contribution is 5.98. The van der Waals surface area contributed by atoms with Crippen molar-refractivity contribution in [2.24, 2.45) is 17.8 Å². The van der Waals surface area contributed by atoms with Gasteiger partial charge in [0.15, 0.2) is 17.9 Å². The number of nitrogens with zero attached hydrogens (tertiary/aromatic N) is 16. The summed E-state index contributed by atoms with van der Waals surface area (Å²) in [7, 11) is 0. The van der Waals surface area contributed by atoms with Crippen molar-refractivity contribution in [2.75, 3.05) is 59.0 Å². The van der Waals surface area contributed by atoms with E-state index in [1.807, 2.05) is 104 Å². The molecule has 106 heavy (non-hydrogen) atoms. The molecule has 4 aliphatic heterocycles. The number of hydrogen-bond acceptors (Lipinski definition) is 19. The topological polar surface area (TPSA) is 310 Å². The Kier molecular flexibility index (Phi) is 24.0. The van der Waals surface area contributed by atoms with Crippen molar-refractivity contribution >= 4 is 39.7 Å². The fourth-order valence-corrected chi connectivity index (χ4v) is 14.4. The minimum Gasteiger partial charge on any atom is -0.444 e. The van der Waals surface area contributed by atoms with Crippen molar-refractivity contribution < 1.29 is 23.9 Å². The van der Waals surface area contributed by atoms with E-state index in [0.717, 1.165) is 169 Å². The molecule has 13 heterocycles. The number of likely N-dealkylation sites (tertiary alicyclic amines) is 2. The second-order valence-electron chi connectivity index (χ2n) is 29.0. The van der Waals surface area contributed by atoms with Crippen LogP contribution in [0, 0.1) is 31.6 Å². The maximum Gasteiger partial charge on any atom is 0.410 e. The molecule has 4 aliphatic rings. The van der Waals surface area contributed by atoms with E-state index >= 15 is 0 Å². The third kappa shape index (κ3) is 18.2. The molecular weight excluding hydrogens is 1340 g/mol. The number of pyridine rings is 2. The van der Waals surface area contributed by atoms with Crippen LogP contribution in [-0.4, -0.2) is 177 Å². The molecule has 1 atom stereocenters. The van der Waals surface area contributed by atoms with Crippen molar-refractivity contribution in [3.05, 3.63) is 180 Å². The number of aromatic amines is 3. The quantitative estimate of drug-likeness (QED) is 0.0502. The SMILES string of the molecule is CCN(Cc1cncc(-c2ccc3c(c2)c(-c2ncc(C(=O)N4CCC(Cc5ncccn5)CC4)[nH]2)nn3C2CCCCO2)c1C)C(=O)OC(C)(C)C.CCNCc1cncc(-c2ccc3[nH]nc(-c4ncc(C(=O)N5CCC(Cc6ncccn6)CC5)[nH]4)c3c2)c1C.c1cnc(CC2CCNCC2)nc1. The molecule has 9 aromatic heterocycles. The summed E-state index contributed by atoms with van der Waals surface area (Å²) in [6.45, 7) is 22.2. The number of imidazole rings is 2. The Bertz CT molecular complexity index is 4720. The summed E-state index contributed by atoms with van der Waals surface area (Å²) in [5, 5.41) is 21.3. The maximum atomic E-state index is 13.7. The van der Waals surface area contributed by atoms with Crippen LogP contribution >= 0.6 is 0 Å². The number of ether oxygens (including phenoxy) is 2. The molecule has 15 rings (SSSR count). The van der Waals surface area contributed by atoms with Crippen LogP contribution in [0.4, 0.5) is 4.79 Å². The lowest BCUT2D eigenvalue weighted by atomic mass is 9.93. The van der Waals surface area contributed by atoms with Crippen LogP contribution in [0.25, 0.3) is 67.1 Å². The van der Waals surface area contributed by atoms with Gasteiger partial charge in [0.25, 0.3) is 11.8 Å². The minimum atomic E-state index is -0.585. The molecule has 4 saturated heterocycles. The predicted octanol–water partition coefficient (Wildman–Crippen LogP) is 12.5. The lowest BCUT2D eigenvalue weighted by Gasteiger charge is -2.31. The van der Waals surface area contributed by atoms with Crippen molar-refractivity contribution in [3.63, 3.8) is 0 Å². The van der Waals surface area contributed by atoms with Gasteiger partial charge in [-0.3, -0.25) is 24.7 Å². The number of carbonyl (C=O) groups excluding carboxylic acids is 3. The average Bonchev–Trinajstić information content (AvgIpc) is 1.60. The van der Waals surface area contributed by atoms with E-state index in [1.165, 1.54) is 24.0 Å². The van der Waals surface area contributed by atoms with Crippen LogP contribution in [0.2, 0.25) is 0 Å². The number of hydrogen-bond donors (Lipinski definition) is 5. The lowest BCUT2D eigenvalue weighted by Crippen LogP contribution is -2.39. The van der Waals surface area contributed by atoms with Gasteiger partial charge in [0.1, 0.15) is 45.8 Å². The van der Waals surface area contributed by atoms with Crippen molar-refractivity contribution in [1.82, 2.24) is 105 Å². The van der Waals surface area contributed by atoms with Gasteiger partial charge in [0, 0.05) is 149 Å². The van der Waals surface area contributed by atoms with Crippen LogP contribution < -0.4 is 10.6 Å². The zero-order valence-electron chi connectivity index (χ0n) is 61.9. The van der Waals surface area contributed by atoms with Gasteiger partial charge in [-0.25, -0.2) is 49.3 Å². The Morgan fingerprint density at radius 1 is 0.604 bits per heavy atom. The molecule has 1 unspecified atom stereocenters. The van der Waals surface area contributed by atoms with Gasteiger partial charge in [-0.1, -0.05) is 19.1 Å². The largest absolute Gasteiger partial charge is 0.444 e. The number of benzene rings is 2. The third-order valence-corrected chi connectivity index (χ3v) is 20.5. The van der Waals surface area contributed by atoms with Crippen LogP contribution in [0.1, 0.15) is 159 Å². The zero-order chi connectivity index (χ0) is 73.5. The Balaban J connectivity index is 0.000000164. The monoisotopic (exact) mass is 1430 g/mol. The second-order valence-corrected chi connectivity index (χ2v) is 29.0. The van der Waals surface area contributed by atoms with E-state index in [2.05, 4.69) is 127 Å². The summed E-state index contributed by atoms with van der Waals surface area (Å²) in [6.07, 6.45) is 32.8. The first kappa shape index (κ1) is 73.7. The van der Waals surface area contributed by atoms with Gasteiger partial charge in [-0.05, 0) is 213 Å².